The fraction of sp³-hybridized carbons (Fsp3) is 0.200. The number of hydrogen-bond acceptors (Lipinski definition) is 2. The fourth-order valence-corrected chi connectivity index (χ4v) is 3.44. The van der Waals surface area contributed by atoms with Crippen LogP contribution in [0.2, 0.25) is 0 Å². The van der Waals surface area contributed by atoms with E-state index in [0.29, 0.717) is 16.3 Å². The molecule has 1 unspecified atom stereocenters. The summed E-state index contributed by atoms with van der Waals surface area (Å²) in [6, 6.07) is 9.90. The minimum absolute atomic E-state index is 0.353. The minimum atomic E-state index is -1.34. The molecule has 0 saturated carbocycles. The van der Waals surface area contributed by atoms with Crippen molar-refractivity contribution in [2.24, 2.45) is 0 Å². The number of nitrogen functional groups attached to an aromatic ring is 1. The Morgan fingerprint density at radius 3 is 2.42 bits per heavy atom. The Morgan fingerprint density at radius 2 is 1.79 bits per heavy atom. The van der Waals surface area contributed by atoms with Crippen molar-refractivity contribution in [3.05, 3.63) is 58.9 Å². The first-order valence-corrected chi connectivity index (χ1v) is 7.29. The van der Waals surface area contributed by atoms with Gasteiger partial charge >= 0.3 is 0 Å². The molecule has 2 aromatic carbocycles. The predicted octanol–water partition coefficient (Wildman–Crippen LogP) is 3.33. The number of benzene rings is 2. The highest BCUT2D eigenvalue weighted by molar-refractivity contribution is 7.84. The van der Waals surface area contributed by atoms with Crippen LogP contribution in [0.1, 0.15) is 16.7 Å². The van der Waals surface area contributed by atoms with E-state index in [4.69, 9.17) is 5.73 Å². The van der Waals surface area contributed by atoms with E-state index in [-0.39, 0.29) is 0 Å². The van der Waals surface area contributed by atoms with Crippen LogP contribution < -0.4 is 5.73 Å². The van der Waals surface area contributed by atoms with Gasteiger partial charge in [-0.2, -0.15) is 0 Å². The van der Waals surface area contributed by atoms with Crippen LogP contribution in [0.4, 0.5) is 10.1 Å². The van der Waals surface area contributed by atoms with Crippen LogP contribution in [0.5, 0.6) is 0 Å². The highest BCUT2D eigenvalue weighted by atomic mass is 32.2. The first kappa shape index (κ1) is 13.7. The summed E-state index contributed by atoms with van der Waals surface area (Å²) in [6.07, 6.45) is 0. The fourth-order valence-electron chi connectivity index (χ4n) is 1.99. The lowest BCUT2D eigenvalue weighted by Gasteiger charge is -2.11. The minimum Gasteiger partial charge on any atom is -0.398 e. The Labute approximate surface area is 114 Å². The van der Waals surface area contributed by atoms with E-state index in [0.717, 1.165) is 16.7 Å². The van der Waals surface area contributed by atoms with Crippen molar-refractivity contribution in [2.45, 2.75) is 24.5 Å². The van der Waals surface area contributed by atoms with Gasteiger partial charge in [0.25, 0.3) is 0 Å². The number of halogens is 1. The molecule has 19 heavy (non-hydrogen) atoms. The number of anilines is 1. The number of nitrogens with two attached hydrogens (primary N) is 1. The third-order valence-corrected chi connectivity index (χ3v) is 4.54. The topological polar surface area (TPSA) is 43.1 Å². The van der Waals surface area contributed by atoms with E-state index >= 15 is 0 Å². The SMILES string of the molecule is Cc1cccc(C)c1CS(=O)c1cc(F)ccc1N. The van der Waals surface area contributed by atoms with Gasteiger partial charge in [-0.15, -0.1) is 0 Å². The number of rotatable bonds is 3. The lowest BCUT2D eigenvalue weighted by atomic mass is 10.1. The largest absolute Gasteiger partial charge is 0.398 e. The zero-order valence-electron chi connectivity index (χ0n) is 10.9. The molecule has 0 spiro atoms. The molecule has 0 aliphatic heterocycles. The second kappa shape index (κ2) is 5.53. The molecule has 0 fully saturated rings. The summed E-state index contributed by atoms with van der Waals surface area (Å²) in [5.74, 6) is -0.0642. The molecule has 0 heterocycles. The molecule has 2 aromatic rings. The summed E-state index contributed by atoms with van der Waals surface area (Å²) < 4.78 is 25.6. The zero-order chi connectivity index (χ0) is 14.0. The summed E-state index contributed by atoms with van der Waals surface area (Å²) in [7, 11) is -1.34. The van der Waals surface area contributed by atoms with Gasteiger partial charge in [0.05, 0.1) is 21.4 Å². The van der Waals surface area contributed by atoms with Crippen LogP contribution in [0, 0.1) is 19.7 Å². The second-order valence-electron chi connectivity index (χ2n) is 4.54. The van der Waals surface area contributed by atoms with Gasteiger partial charge < -0.3 is 5.73 Å². The molecule has 2 nitrogen and oxygen atoms in total. The van der Waals surface area contributed by atoms with E-state index in [1.54, 1.807) is 0 Å². The van der Waals surface area contributed by atoms with Crippen molar-refractivity contribution in [2.75, 3.05) is 5.73 Å². The molecule has 2 N–H and O–H groups in total. The number of hydrogen-bond donors (Lipinski definition) is 1. The van der Waals surface area contributed by atoms with Crippen molar-refractivity contribution in [3.8, 4) is 0 Å². The summed E-state index contributed by atoms with van der Waals surface area (Å²) in [6.45, 7) is 3.96. The zero-order valence-corrected chi connectivity index (χ0v) is 11.8. The third-order valence-electron chi connectivity index (χ3n) is 3.14. The van der Waals surface area contributed by atoms with Gasteiger partial charge in [-0.05, 0) is 48.7 Å². The Bertz CT molecular complexity index is 620. The van der Waals surface area contributed by atoms with Crippen LogP contribution in [0.25, 0.3) is 0 Å². The quantitative estimate of drug-likeness (QED) is 0.874. The van der Waals surface area contributed by atoms with Crippen molar-refractivity contribution < 1.29 is 8.60 Å². The van der Waals surface area contributed by atoms with Gasteiger partial charge in [-0.1, -0.05) is 18.2 Å². The molecule has 0 aromatic heterocycles. The normalized spacial score (nSPS) is 12.4. The Hall–Kier alpha value is -1.68. The summed E-state index contributed by atoms with van der Waals surface area (Å²) in [5.41, 5.74) is 9.33. The van der Waals surface area contributed by atoms with Crippen LogP contribution in [0.3, 0.4) is 0 Å². The van der Waals surface area contributed by atoms with Crippen molar-refractivity contribution >= 4 is 16.5 Å². The summed E-state index contributed by atoms with van der Waals surface area (Å²) in [4.78, 5) is 0.364. The molecule has 0 radical (unpaired) electrons. The van der Waals surface area contributed by atoms with Gasteiger partial charge in [-0.3, -0.25) is 4.21 Å². The smallest absolute Gasteiger partial charge is 0.124 e. The monoisotopic (exact) mass is 277 g/mol. The van der Waals surface area contributed by atoms with Gasteiger partial charge in [0.15, 0.2) is 0 Å². The highest BCUT2D eigenvalue weighted by Crippen LogP contribution is 2.23. The summed E-state index contributed by atoms with van der Waals surface area (Å²) in [5, 5.41) is 0. The van der Waals surface area contributed by atoms with Crippen LogP contribution in [0.15, 0.2) is 41.3 Å². The van der Waals surface area contributed by atoms with Crippen molar-refractivity contribution in [3.63, 3.8) is 0 Å². The van der Waals surface area contributed by atoms with Crippen LogP contribution in [-0.2, 0) is 16.6 Å². The molecule has 0 saturated heterocycles. The Morgan fingerprint density at radius 1 is 1.16 bits per heavy atom. The summed E-state index contributed by atoms with van der Waals surface area (Å²) >= 11 is 0. The van der Waals surface area contributed by atoms with E-state index in [1.807, 2.05) is 32.0 Å². The molecular weight excluding hydrogens is 261 g/mol. The molecule has 0 amide bonds. The van der Waals surface area contributed by atoms with E-state index in [9.17, 15) is 8.60 Å². The molecule has 4 heteroatoms. The molecule has 0 bridgehead atoms. The number of aryl methyl sites for hydroxylation is 2. The predicted molar refractivity (Wildman–Crippen MR) is 76.8 cm³/mol. The standard InChI is InChI=1S/C15H16FNOS/c1-10-4-3-5-11(2)13(10)9-19(18)15-8-12(16)6-7-14(15)17/h3-8H,9,17H2,1-2H3. The van der Waals surface area contributed by atoms with Gasteiger partial charge in [0.2, 0.25) is 0 Å². The van der Waals surface area contributed by atoms with E-state index in [1.165, 1.54) is 18.2 Å². The molecule has 0 aliphatic carbocycles. The Kier molecular flexibility index (Phi) is 4.00. The maximum absolute atomic E-state index is 13.2. The average molecular weight is 277 g/mol. The van der Waals surface area contributed by atoms with Crippen molar-refractivity contribution in [1.82, 2.24) is 0 Å². The average Bonchev–Trinajstić information content (AvgIpc) is 2.37. The third kappa shape index (κ3) is 3.01. The molecule has 2 rings (SSSR count). The van der Waals surface area contributed by atoms with Crippen LogP contribution in [-0.4, -0.2) is 4.21 Å². The highest BCUT2D eigenvalue weighted by Gasteiger charge is 2.12. The first-order valence-electron chi connectivity index (χ1n) is 5.97. The molecular formula is C15H16FNOS. The van der Waals surface area contributed by atoms with Gasteiger partial charge in [-0.25, -0.2) is 4.39 Å². The first-order chi connectivity index (χ1) is 8.99. The maximum atomic E-state index is 13.2. The van der Waals surface area contributed by atoms with Crippen molar-refractivity contribution in [1.29, 1.82) is 0 Å². The second-order valence-corrected chi connectivity index (χ2v) is 5.96. The van der Waals surface area contributed by atoms with Gasteiger partial charge in [0.1, 0.15) is 5.82 Å². The molecule has 0 aliphatic rings. The van der Waals surface area contributed by atoms with E-state index < -0.39 is 16.6 Å². The molecule has 1 atom stereocenters. The molecule has 100 valence electrons. The van der Waals surface area contributed by atoms with E-state index in [2.05, 4.69) is 0 Å². The maximum Gasteiger partial charge on any atom is 0.124 e. The van der Waals surface area contributed by atoms with Gasteiger partial charge in [0, 0.05) is 5.69 Å². The lowest BCUT2D eigenvalue weighted by Crippen LogP contribution is -2.04. The van der Waals surface area contributed by atoms with Crippen LogP contribution >= 0.6 is 0 Å². The Balaban J connectivity index is 2.34. The lowest BCUT2D eigenvalue weighted by molar-refractivity contribution is 0.623.